The third kappa shape index (κ3) is 2.13. The first-order chi connectivity index (χ1) is 8.84. The third-order valence-electron chi connectivity index (χ3n) is 3.63. The maximum atomic E-state index is 9.65. The van der Waals surface area contributed by atoms with E-state index in [-0.39, 0.29) is 0 Å². The van der Waals surface area contributed by atoms with E-state index in [2.05, 4.69) is 36.8 Å². The predicted molar refractivity (Wildman–Crippen MR) is 72.6 cm³/mol. The maximum Gasteiger partial charge on any atom is 0.115 e. The van der Waals surface area contributed by atoms with Crippen molar-refractivity contribution < 1.29 is 5.11 Å². The Balaban J connectivity index is 2.06. The number of phenolic OH excluding ortho intramolecular Hbond substituents is 1. The zero-order valence-corrected chi connectivity index (χ0v) is 10.3. The molecule has 0 aromatic heterocycles. The molecule has 1 atom stereocenters. The van der Waals surface area contributed by atoms with Crippen LogP contribution in [0.25, 0.3) is 0 Å². The molecule has 0 saturated carbocycles. The van der Waals surface area contributed by atoms with Gasteiger partial charge < -0.3 is 5.11 Å². The first-order valence-corrected chi connectivity index (χ1v) is 6.42. The van der Waals surface area contributed by atoms with Gasteiger partial charge in [-0.25, -0.2) is 0 Å². The largest absolute Gasteiger partial charge is 0.508 e. The highest BCUT2D eigenvalue weighted by atomic mass is 16.3. The smallest absolute Gasteiger partial charge is 0.115 e. The number of hydrogen-bond donors (Lipinski definition) is 1. The average molecular weight is 236 g/mol. The van der Waals surface area contributed by atoms with Gasteiger partial charge in [0.25, 0.3) is 0 Å². The number of hydrogen-bond acceptors (Lipinski definition) is 1. The molecule has 1 N–H and O–H groups in total. The fourth-order valence-electron chi connectivity index (χ4n) is 2.75. The van der Waals surface area contributed by atoms with Crippen molar-refractivity contribution in [2.75, 3.05) is 0 Å². The molecule has 18 heavy (non-hydrogen) atoms. The van der Waals surface area contributed by atoms with Crippen LogP contribution in [0, 0.1) is 6.42 Å². The zero-order chi connectivity index (χ0) is 12.4. The number of rotatable bonds is 1. The lowest BCUT2D eigenvalue weighted by molar-refractivity contribution is 0.474. The van der Waals surface area contributed by atoms with Crippen molar-refractivity contribution in [1.82, 2.24) is 0 Å². The van der Waals surface area contributed by atoms with Gasteiger partial charge in [-0.3, -0.25) is 0 Å². The van der Waals surface area contributed by atoms with Gasteiger partial charge in [0, 0.05) is 5.92 Å². The second-order valence-corrected chi connectivity index (χ2v) is 4.81. The summed E-state index contributed by atoms with van der Waals surface area (Å²) in [6.07, 6.45) is 6.47. The van der Waals surface area contributed by atoms with E-state index in [0.717, 1.165) is 19.3 Å². The van der Waals surface area contributed by atoms with E-state index in [4.69, 9.17) is 0 Å². The summed E-state index contributed by atoms with van der Waals surface area (Å²) in [6.45, 7) is 0. The van der Waals surface area contributed by atoms with Crippen molar-refractivity contribution in [3.05, 3.63) is 71.6 Å². The summed E-state index contributed by atoms with van der Waals surface area (Å²) in [5.41, 5.74) is 3.95. The van der Waals surface area contributed by atoms with Crippen LogP contribution >= 0.6 is 0 Å². The number of benzene rings is 2. The van der Waals surface area contributed by atoms with Gasteiger partial charge in [0.05, 0.1) is 0 Å². The predicted octanol–water partition coefficient (Wildman–Crippen LogP) is 3.94. The lowest BCUT2D eigenvalue weighted by Crippen LogP contribution is -2.01. The molecule has 0 heterocycles. The Morgan fingerprint density at radius 1 is 1.06 bits per heavy atom. The summed E-state index contributed by atoms with van der Waals surface area (Å²) in [6, 6.07) is 16.2. The molecule has 0 amide bonds. The highest BCUT2D eigenvalue weighted by molar-refractivity contribution is 5.41. The molecule has 0 fully saturated rings. The molecule has 0 spiro atoms. The molecule has 1 heteroatoms. The minimum Gasteiger partial charge on any atom is -0.508 e. The van der Waals surface area contributed by atoms with Crippen molar-refractivity contribution in [1.29, 1.82) is 0 Å². The highest BCUT2D eigenvalue weighted by Gasteiger charge is 2.20. The lowest BCUT2D eigenvalue weighted by atomic mass is 9.86. The highest BCUT2D eigenvalue weighted by Crippen LogP contribution is 2.36. The van der Waals surface area contributed by atoms with Crippen LogP contribution in [0.1, 0.15) is 35.4 Å². The first kappa shape index (κ1) is 11.3. The normalized spacial score (nSPS) is 19.0. The second kappa shape index (κ2) is 4.85. The van der Waals surface area contributed by atoms with E-state index >= 15 is 0 Å². The topological polar surface area (TPSA) is 20.2 Å². The van der Waals surface area contributed by atoms with Gasteiger partial charge in [-0.15, -0.1) is 0 Å². The van der Waals surface area contributed by atoms with E-state index < -0.39 is 0 Å². The van der Waals surface area contributed by atoms with Crippen molar-refractivity contribution in [3.63, 3.8) is 0 Å². The standard InChI is InChI=1S/C17H16O/c18-15-9-5-8-14(12-15)17-11-4-2-7-13-6-1-3-10-16(13)17/h1,3,5-6,8-10,12,17-18H,4,7,11H2. The first-order valence-electron chi connectivity index (χ1n) is 6.42. The van der Waals surface area contributed by atoms with E-state index in [1.807, 2.05) is 12.1 Å². The molecular weight excluding hydrogens is 220 g/mol. The Hall–Kier alpha value is -1.76. The van der Waals surface area contributed by atoms with E-state index in [1.165, 1.54) is 16.7 Å². The van der Waals surface area contributed by atoms with Crippen LogP contribution in [0.5, 0.6) is 5.75 Å². The van der Waals surface area contributed by atoms with Crippen molar-refractivity contribution in [3.8, 4) is 5.75 Å². The second-order valence-electron chi connectivity index (χ2n) is 4.81. The van der Waals surface area contributed by atoms with Gasteiger partial charge >= 0.3 is 0 Å². The van der Waals surface area contributed by atoms with Gasteiger partial charge in [0.2, 0.25) is 0 Å². The fourth-order valence-corrected chi connectivity index (χ4v) is 2.75. The summed E-state index contributed by atoms with van der Waals surface area (Å²) in [7, 11) is 0. The summed E-state index contributed by atoms with van der Waals surface area (Å²) in [5, 5.41) is 9.65. The Bertz CT molecular complexity index is 545. The summed E-state index contributed by atoms with van der Waals surface area (Å²) < 4.78 is 0. The molecule has 1 nitrogen and oxygen atoms in total. The van der Waals surface area contributed by atoms with Crippen LogP contribution < -0.4 is 0 Å². The van der Waals surface area contributed by atoms with Crippen molar-refractivity contribution in [2.45, 2.75) is 25.2 Å². The molecular formula is C17H16O. The Morgan fingerprint density at radius 2 is 1.94 bits per heavy atom. The zero-order valence-electron chi connectivity index (χ0n) is 10.3. The number of fused-ring (bicyclic) bond motifs is 1. The lowest BCUT2D eigenvalue weighted by Gasteiger charge is -2.18. The molecule has 90 valence electrons. The van der Waals surface area contributed by atoms with Crippen LogP contribution in [0.2, 0.25) is 0 Å². The molecule has 2 aromatic rings. The molecule has 1 unspecified atom stereocenters. The van der Waals surface area contributed by atoms with Crippen LogP contribution in [-0.4, -0.2) is 5.11 Å². The molecule has 0 saturated heterocycles. The fraction of sp³-hybridized carbons (Fsp3) is 0.235. The number of aromatic hydroxyl groups is 1. The summed E-state index contributed by atoms with van der Waals surface area (Å²) in [5.74, 6) is 0.727. The molecule has 3 rings (SSSR count). The van der Waals surface area contributed by atoms with Gasteiger partial charge in [-0.2, -0.15) is 0 Å². The van der Waals surface area contributed by atoms with Gasteiger partial charge in [-0.1, -0.05) is 36.4 Å². The molecule has 0 aliphatic heterocycles. The van der Waals surface area contributed by atoms with Crippen LogP contribution in [0.3, 0.4) is 0 Å². The van der Waals surface area contributed by atoms with E-state index in [9.17, 15) is 5.11 Å². The Kier molecular flexibility index (Phi) is 3.06. The van der Waals surface area contributed by atoms with Crippen LogP contribution in [0.4, 0.5) is 0 Å². The van der Waals surface area contributed by atoms with Gasteiger partial charge in [-0.05, 0) is 54.5 Å². The Morgan fingerprint density at radius 3 is 2.83 bits per heavy atom. The van der Waals surface area contributed by atoms with Crippen LogP contribution in [-0.2, 0) is 6.42 Å². The monoisotopic (exact) mass is 236 g/mol. The summed E-state index contributed by atoms with van der Waals surface area (Å²) in [4.78, 5) is 0. The summed E-state index contributed by atoms with van der Waals surface area (Å²) >= 11 is 0. The van der Waals surface area contributed by atoms with Crippen molar-refractivity contribution in [2.24, 2.45) is 0 Å². The van der Waals surface area contributed by atoms with E-state index in [1.54, 1.807) is 6.07 Å². The molecule has 2 radical (unpaired) electrons. The van der Waals surface area contributed by atoms with Crippen LogP contribution in [0.15, 0.2) is 48.5 Å². The maximum absolute atomic E-state index is 9.65. The van der Waals surface area contributed by atoms with Gasteiger partial charge in [0.15, 0.2) is 0 Å². The molecule has 1 aliphatic carbocycles. The van der Waals surface area contributed by atoms with Gasteiger partial charge in [0.1, 0.15) is 5.75 Å². The third-order valence-corrected chi connectivity index (χ3v) is 3.63. The average Bonchev–Trinajstić information content (AvgIpc) is 2.61. The van der Waals surface area contributed by atoms with E-state index in [0.29, 0.717) is 11.7 Å². The Labute approximate surface area is 108 Å². The molecule has 2 aromatic carbocycles. The molecule has 0 bridgehead atoms. The SMILES string of the molecule is Oc1cccc(C2CC[C]Cc3ccccc32)c1. The minimum absolute atomic E-state index is 0.349. The number of phenols is 1. The van der Waals surface area contributed by atoms with Crippen molar-refractivity contribution >= 4 is 0 Å². The minimum atomic E-state index is 0.349. The quantitative estimate of drug-likeness (QED) is 0.743. The molecule has 1 aliphatic rings.